The SMILES string of the molecule is O=C(CBr)[C@@H](Cl)Br. The summed E-state index contributed by atoms with van der Waals surface area (Å²) in [5.41, 5.74) is 0. The molecule has 4 heteroatoms. The van der Waals surface area contributed by atoms with Gasteiger partial charge in [0, 0.05) is 0 Å². The van der Waals surface area contributed by atoms with Crippen molar-refractivity contribution in [3.8, 4) is 0 Å². The minimum Gasteiger partial charge on any atom is -0.296 e. The maximum Gasteiger partial charge on any atom is 0.171 e. The fraction of sp³-hybridized carbons (Fsp3) is 0.667. The molecule has 7 heavy (non-hydrogen) atoms. The summed E-state index contributed by atoms with van der Waals surface area (Å²) in [4.78, 5) is 10.3. The van der Waals surface area contributed by atoms with E-state index in [1.165, 1.54) is 0 Å². The Bertz CT molecular complexity index is 73.3. The lowest BCUT2D eigenvalue weighted by atomic mass is 10.5. The van der Waals surface area contributed by atoms with Gasteiger partial charge in [0.15, 0.2) is 5.78 Å². The van der Waals surface area contributed by atoms with Crippen molar-refractivity contribution in [2.75, 3.05) is 5.33 Å². The number of carbonyl (C=O) groups is 1. The molecule has 0 rings (SSSR count). The lowest BCUT2D eigenvalue weighted by Gasteiger charge is -1.90. The van der Waals surface area contributed by atoms with Gasteiger partial charge >= 0.3 is 0 Å². The third-order valence-corrected chi connectivity index (χ3v) is 1.68. The molecule has 0 amide bonds. The Kier molecular flexibility index (Phi) is 4.37. The van der Waals surface area contributed by atoms with E-state index in [0.717, 1.165) is 0 Å². The van der Waals surface area contributed by atoms with Crippen molar-refractivity contribution in [2.24, 2.45) is 0 Å². The van der Waals surface area contributed by atoms with E-state index in [1.807, 2.05) is 0 Å². The van der Waals surface area contributed by atoms with Crippen LogP contribution in [0.25, 0.3) is 0 Å². The Morgan fingerprint density at radius 3 is 2.29 bits per heavy atom. The van der Waals surface area contributed by atoms with E-state index in [2.05, 4.69) is 31.9 Å². The van der Waals surface area contributed by atoms with Crippen LogP contribution in [0.5, 0.6) is 0 Å². The van der Waals surface area contributed by atoms with Crippen molar-refractivity contribution in [3.05, 3.63) is 0 Å². The van der Waals surface area contributed by atoms with Gasteiger partial charge in [0.05, 0.1) is 5.33 Å². The smallest absolute Gasteiger partial charge is 0.171 e. The van der Waals surface area contributed by atoms with E-state index >= 15 is 0 Å². The van der Waals surface area contributed by atoms with Crippen LogP contribution in [0.2, 0.25) is 0 Å². The molecular weight excluding hydrogens is 247 g/mol. The molecular formula is C3H3Br2ClO. The van der Waals surface area contributed by atoms with Gasteiger partial charge in [0.1, 0.15) is 4.29 Å². The topological polar surface area (TPSA) is 17.1 Å². The summed E-state index contributed by atoms with van der Waals surface area (Å²) in [5, 5.41) is 0.312. The molecule has 0 spiro atoms. The van der Waals surface area contributed by atoms with Crippen molar-refractivity contribution in [1.29, 1.82) is 0 Å². The van der Waals surface area contributed by atoms with Gasteiger partial charge in [-0.15, -0.1) is 11.6 Å². The molecule has 0 N–H and O–H groups in total. The summed E-state index contributed by atoms with van der Waals surface area (Å²) in [6, 6.07) is 0. The van der Waals surface area contributed by atoms with Gasteiger partial charge in [-0.1, -0.05) is 31.9 Å². The first-order chi connectivity index (χ1) is 3.18. The predicted molar refractivity (Wildman–Crippen MR) is 37.4 cm³/mol. The maximum atomic E-state index is 10.3. The number of hydrogen-bond donors (Lipinski definition) is 0. The third-order valence-electron chi connectivity index (χ3n) is 0.375. The van der Waals surface area contributed by atoms with Crippen LogP contribution in [-0.4, -0.2) is 15.4 Å². The summed E-state index contributed by atoms with van der Waals surface area (Å²) in [6.07, 6.45) is 0. The summed E-state index contributed by atoms with van der Waals surface area (Å²) in [7, 11) is 0. The molecule has 0 radical (unpaired) electrons. The first kappa shape index (κ1) is 7.92. The van der Waals surface area contributed by atoms with E-state index in [4.69, 9.17) is 11.6 Å². The van der Waals surface area contributed by atoms with Crippen LogP contribution in [0.3, 0.4) is 0 Å². The number of Topliss-reactive ketones (excluding diaryl/α,β-unsaturated/α-hetero) is 1. The Morgan fingerprint density at radius 2 is 2.29 bits per heavy atom. The molecule has 42 valence electrons. The summed E-state index contributed by atoms with van der Waals surface area (Å²) < 4.78 is -0.535. The van der Waals surface area contributed by atoms with E-state index in [9.17, 15) is 4.79 Å². The summed E-state index contributed by atoms with van der Waals surface area (Å²) in [5.74, 6) is -0.0540. The molecule has 0 aromatic rings. The van der Waals surface area contributed by atoms with Gasteiger partial charge < -0.3 is 0 Å². The zero-order valence-electron chi connectivity index (χ0n) is 3.33. The van der Waals surface area contributed by atoms with Crippen LogP contribution >= 0.6 is 43.5 Å². The second-order valence-corrected chi connectivity index (χ2v) is 3.34. The van der Waals surface area contributed by atoms with Crippen LogP contribution in [-0.2, 0) is 4.79 Å². The molecule has 0 aliphatic carbocycles. The summed E-state index contributed by atoms with van der Waals surface area (Å²) >= 11 is 11.1. The molecule has 0 unspecified atom stereocenters. The molecule has 1 atom stereocenters. The number of rotatable bonds is 2. The zero-order valence-corrected chi connectivity index (χ0v) is 7.25. The molecule has 0 fully saturated rings. The van der Waals surface area contributed by atoms with Crippen molar-refractivity contribution < 1.29 is 4.79 Å². The van der Waals surface area contributed by atoms with E-state index in [0.29, 0.717) is 5.33 Å². The number of carbonyl (C=O) groups excluding carboxylic acids is 1. The highest BCUT2D eigenvalue weighted by Crippen LogP contribution is 2.06. The number of alkyl halides is 3. The van der Waals surface area contributed by atoms with Crippen LogP contribution in [0.1, 0.15) is 0 Å². The highest BCUT2D eigenvalue weighted by Gasteiger charge is 2.06. The Hall–Kier alpha value is 0.920. The van der Waals surface area contributed by atoms with Gasteiger partial charge in [-0.2, -0.15) is 0 Å². The lowest BCUT2D eigenvalue weighted by Crippen LogP contribution is -2.06. The van der Waals surface area contributed by atoms with Gasteiger partial charge in [-0.25, -0.2) is 0 Å². The van der Waals surface area contributed by atoms with Crippen molar-refractivity contribution in [1.82, 2.24) is 0 Å². The van der Waals surface area contributed by atoms with Gasteiger partial charge in [-0.05, 0) is 0 Å². The largest absolute Gasteiger partial charge is 0.296 e. The van der Waals surface area contributed by atoms with Gasteiger partial charge in [0.2, 0.25) is 0 Å². The summed E-state index contributed by atoms with van der Waals surface area (Å²) in [6.45, 7) is 0. The second-order valence-electron chi connectivity index (χ2n) is 0.901. The van der Waals surface area contributed by atoms with Crippen LogP contribution < -0.4 is 0 Å². The highest BCUT2D eigenvalue weighted by atomic mass is 79.9. The zero-order chi connectivity index (χ0) is 5.86. The Labute approximate surface area is 63.7 Å². The Balaban J connectivity index is 3.35. The van der Waals surface area contributed by atoms with Gasteiger partial charge in [-0.3, -0.25) is 4.79 Å². The number of halogens is 3. The van der Waals surface area contributed by atoms with Crippen molar-refractivity contribution in [2.45, 2.75) is 4.29 Å². The molecule has 0 aromatic carbocycles. The third kappa shape index (κ3) is 3.50. The molecule has 0 saturated heterocycles. The molecule has 0 heterocycles. The van der Waals surface area contributed by atoms with E-state index in [1.54, 1.807) is 0 Å². The average molecular weight is 250 g/mol. The van der Waals surface area contributed by atoms with E-state index < -0.39 is 4.29 Å². The predicted octanol–water partition coefficient (Wildman–Crippen LogP) is 1.91. The second kappa shape index (κ2) is 3.87. The standard InChI is InChI=1S/C3H3Br2ClO/c4-1-2(7)3(5)6/h3H,1H2/t3-/m1/s1. The average Bonchev–Trinajstić information content (AvgIpc) is 1.65. The van der Waals surface area contributed by atoms with Crippen LogP contribution in [0.4, 0.5) is 0 Å². The fourth-order valence-electron chi connectivity index (χ4n) is 0.0583. The molecule has 1 nitrogen and oxygen atoms in total. The molecule has 0 bridgehead atoms. The maximum absolute atomic E-state index is 10.3. The number of hydrogen-bond acceptors (Lipinski definition) is 1. The van der Waals surface area contributed by atoms with Crippen molar-refractivity contribution >= 4 is 49.2 Å². The minimum absolute atomic E-state index is 0.0540. The van der Waals surface area contributed by atoms with Crippen molar-refractivity contribution in [3.63, 3.8) is 0 Å². The highest BCUT2D eigenvalue weighted by molar-refractivity contribution is 9.10. The molecule has 0 aromatic heterocycles. The van der Waals surface area contributed by atoms with Gasteiger partial charge in [0.25, 0.3) is 0 Å². The normalized spacial score (nSPS) is 13.6. The quantitative estimate of drug-likeness (QED) is 0.684. The molecule has 0 aliphatic rings. The number of ketones is 1. The van der Waals surface area contributed by atoms with Crippen LogP contribution in [0, 0.1) is 0 Å². The first-order valence-corrected chi connectivity index (χ1v) is 4.02. The van der Waals surface area contributed by atoms with Crippen LogP contribution in [0.15, 0.2) is 0 Å². The molecule has 0 saturated carbocycles. The fourth-order valence-corrected chi connectivity index (χ4v) is 1.24. The first-order valence-electron chi connectivity index (χ1n) is 1.55. The Morgan fingerprint density at radius 1 is 1.86 bits per heavy atom. The monoisotopic (exact) mass is 248 g/mol. The molecule has 0 aliphatic heterocycles. The minimum atomic E-state index is -0.535. The lowest BCUT2D eigenvalue weighted by molar-refractivity contribution is -0.114. The van der Waals surface area contributed by atoms with E-state index in [-0.39, 0.29) is 5.78 Å².